The van der Waals surface area contributed by atoms with Crippen molar-refractivity contribution in [3.8, 4) is 0 Å². The average molecular weight is 252 g/mol. The molecule has 0 fully saturated rings. The van der Waals surface area contributed by atoms with E-state index >= 15 is 0 Å². The third-order valence-corrected chi connectivity index (χ3v) is 2.53. The molecule has 0 heterocycles. The number of aryl methyl sites for hydroxylation is 1. The quantitative estimate of drug-likeness (QED) is 0.840. The number of halogens is 4. The van der Waals surface area contributed by atoms with Gasteiger partial charge in [0.15, 0.2) is 0 Å². The molecule has 0 aliphatic heterocycles. The van der Waals surface area contributed by atoms with Gasteiger partial charge in [0.25, 0.3) is 0 Å². The van der Waals surface area contributed by atoms with Crippen LogP contribution in [-0.4, -0.2) is 12.2 Å². The Labute approximate surface area is 97.6 Å². The van der Waals surface area contributed by atoms with Crippen LogP contribution in [0.15, 0.2) is 18.2 Å². The Hall–Kier alpha value is -0.900. The van der Waals surface area contributed by atoms with Gasteiger partial charge in [-0.2, -0.15) is 13.2 Å². The summed E-state index contributed by atoms with van der Waals surface area (Å²) in [5, 5.41) is 3.31. The van der Waals surface area contributed by atoms with Crippen LogP contribution in [0.5, 0.6) is 0 Å². The van der Waals surface area contributed by atoms with Crippen LogP contribution in [0.1, 0.15) is 18.9 Å². The Kier molecular flexibility index (Phi) is 4.08. The molecule has 0 radical (unpaired) electrons. The molecule has 5 heteroatoms. The fourth-order valence-electron chi connectivity index (χ4n) is 1.37. The van der Waals surface area contributed by atoms with Crippen molar-refractivity contribution < 1.29 is 13.2 Å². The summed E-state index contributed by atoms with van der Waals surface area (Å²) in [5.74, 6) is 0. The van der Waals surface area contributed by atoms with Crippen molar-refractivity contribution in [3.05, 3.63) is 28.8 Å². The minimum atomic E-state index is -4.15. The van der Waals surface area contributed by atoms with Crippen LogP contribution in [0.3, 0.4) is 0 Å². The molecule has 0 saturated heterocycles. The van der Waals surface area contributed by atoms with Crippen LogP contribution in [0.25, 0.3) is 0 Å². The fraction of sp³-hybridized carbons (Fsp3) is 0.455. The fourth-order valence-corrected chi connectivity index (χ4v) is 1.55. The molecule has 1 nitrogen and oxygen atoms in total. The SMILES string of the molecule is Cc1ccc(NC(C)CC(F)(F)F)cc1Cl. The Bertz CT molecular complexity index is 363. The van der Waals surface area contributed by atoms with Crippen LogP contribution in [0, 0.1) is 6.92 Å². The van der Waals surface area contributed by atoms with Gasteiger partial charge in [0.05, 0.1) is 6.42 Å². The lowest BCUT2D eigenvalue weighted by atomic mass is 10.2. The maximum Gasteiger partial charge on any atom is 0.391 e. The third-order valence-electron chi connectivity index (χ3n) is 2.12. The van der Waals surface area contributed by atoms with Crippen molar-refractivity contribution in [1.29, 1.82) is 0 Å². The lowest BCUT2D eigenvalue weighted by molar-refractivity contribution is -0.136. The van der Waals surface area contributed by atoms with Crippen LogP contribution in [0.4, 0.5) is 18.9 Å². The van der Waals surface area contributed by atoms with E-state index < -0.39 is 18.6 Å². The Morgan fingerprint density at radius 2 is 2.00 bits per heavy atom. The number of rotatable bonds is 3. The molecular formula is C11H13ClF3N. The van der Waals surface area contributed by atoms with Gasteiger partial charge in [0, 0.05) is 16.8 Å². The second-order valence-electron chi connectivity index (χ2n) is 3.83. The van der Waals surface area contributed by atoms with Gasteiger partial charge in [-0.25, -0.2) is 0 Å². The van der Waals surface area contributed by atoms with E-state index in [9.17, 15) is 13.2 Å². The lowest BCUT2D eigenvalue weighted by Crippen LogP contribution is -2.23. The Morgan fingerprint density at radius 3 is 2.50 bits per heavy atom. The van der Waals surface area contributed by atoms with Crippen molar-refractivity contribution >= 4 is 17.3 Å². The summed E-state index contributed by atoms with van der Waals surface area (Å²) in [7, 11) is 0. The van der Waals surface area contributed by atoms with Gasteiger partial charge in [0.2, 0.25) is 0 Å². The zero-order valence-electron chi connectivity index (χ0n) is 9.03. The van der Waals surface area contributed by atoms with Crippen molar-refractivity contribution in [2.24, 2.45) is 0 Å². The highest BCUT2D eigenvalue weighted by atomic mass is 35.5. The first-order valence-electron chi connectivity index (χ1n) is 4.87. The van der Waals surface area contributed by atoms with Gasteiger partial charge in [0.1, 0.15) is 0 Å². The summed E-state index contributed by atoms with van der Waals surface area (Å²) < 4.78 is 36.3. The minimum Gasteiger partial charge on any atom is -0.382 e. The minimum absolute atomic E-state index is 0.546. The van der Waals surface area contributed by atoms with Crippen molar-refractivity contribution in [3.63, 3.8) is 0 Å². The molecule has 1 aromatic rings. The Balaban J connectivity index is 2.63. The molecule has 90 valence electrons. The first-order valence-corrected chi connectivity index (χ1v) is 5.25. The summed E-state index contributed by atoms with van der Waals surface area (Å²) in [6.45, 7) is 3.33. The van der Waals surface area contributed by atoms with Crippen LogP contribution < -0.4 is 5.32 Å². The predicted molar refractivity (Wildman–Crippen MR) is 59.9 cm³/mol. The normalized spacial score (nSPS) is 13.6. The summed E-state index contributed by atoms with van der Waals surface area (Å²) in [6.07, 6.45) is -5.01. The maximum absolute atomic E-state index is 12.1. The number of hydrogen-bond acceptors (Lipinski definition) is 1. The Morgan fingerprint density at radius 1 is 1.38 bits per heavy atom. The van der Waals surface area contributed by atoms with Gasteiger partial charge >= 0.3 is 6.18 Å². The second-order valence-corrected chi connectivity index (χ2v) is 4.24. The van der Waals surface area contributed by atoms with E-state index in [1.54, 1.807) is 18.2 Å². The molecule has 0 aliphatic rings. The highest BCUT2D eigenvalue weighted by Gasteiger charge is 2.29. The average Bonchev–Trinajstić information content (AvgIpc) is 2.08. The van der Waals surface area contributed by atoms with E-state index in [0.717, 1.165) is 5.56 Å². The summed E-state index contributed by atoms with van der Waals surface area (Å²) in [5.41, 5.74) is 1.50. The molecule has 1 N–H and O–H groups in total. The summed E-state index contributed by atoms with van der Waals surface area (Å²) >= 11 is 5.87. The van der Waals surface area contributed by atoms with Crippen LogP contribution >= 0.6 is 11.6 Å². The van der Waals surface area contributed by atoms with E-state index in [4.69, 9.17) is 11.6 Å². The zero-order valence-corrected chi connectivity index (χ0v) is 9.78. The molecule has 0 aliphatic carbocycles. The molecule has 1 unspecified atom stereocenters. The molecule has 0 spiro atoms. The number of anilines is 1. The molecule has 1 rings (SSSR count). The third kappa shape index (κ3) is 4.31. The molecule has 0 saturated carbocycles. The highest BCUT2D eigenvalue weighted by Crippen LogP contribution is 2.25. The monoisotopic (exact) mass is 251 g/mol. The number of nitrogens with one attached hydrogen (secondary N) is 1. The van der Waals surface area contributed by atoms with Crippen molar-refractivity contribution in [2.45, 2.75) is 32.5 Å². The van der Waals surface area contributed by atoms with E-state index in [1.807, 2.05) is 6.92 Å². The second kappa shape index (κ2) is 4.95. The topological polar surface area (TPSA) is 12.0 Å². The van der Waals surface area contributed by atoms with Gasteiger partial charge in [-0.3, -0.25) is 0 Å². The maximum atomic E-state index is 12.1. The van der Waals surface area contributed by atoms with E-state index in [1.165, 1.54) is 6.92 Å². The molecule has 0 aromatic heterocycles. The van der Waals surface area contributed by atoms with E-state index in [0.29, 0.717) is 10.7 Å². The summed E-state index contributed by atoms with van der Waals surface area (Å²) in [6, 6.07) is 4.45. The molecule has 1 aromatic carbocycles. The van der Waals surface area contributed by atoms with Crippen LogP contribution in [-0.2, 0) is 0 Å². The first-order chi connectivity index (χ1) is 7.28. The first kappa shape index (κ1) is 13.2. The van der Waals surface area contributed by atoms with Crippen molar-refractivity contribution in [2.75, 3.05) is 5.32 Å². The molecular weight excluding hydrogens is 239 g/mol. The molecule has 16 heavy (non-hydrogen) atoms. The predicted octanol–water partition coefficient (Wildman–Crippen LogP) is 4.40. The van der Waals surface area contributed by atoms with Gasteiger partial charge in [-0.1, -0.05) is 17.7 Å². The molecule has 1 atom stereocenters. The zero-order chi connectivity index (χ0) is 12.3. The van der Waals surface area contributed by atoms with E-state index in [-0.39, 0.29) is 0 Å². The van der Waals surface area contributed by atoms with Crippen LogP contribution in [0.2, 0.25) is 5.02 Å². The van der Waals surface area contributed by atoms with E-state index in [2.05, 4.69) is 5.32 Å². The van der Waals surface area contributed by atoms with Gasteiger partial charge in [-0.15, -0.1) is 0 Å². The number of alkyl halides is 3. The standard InChI is InChI=1S/C11H13ClF3N/c1-7-3-4-9(5-10(7)12)16-8(2)6-11(13,14)15/h3-5,8,16H,6H2,1-2H3. The molecule has 0 amide bonds. The number of hydrogen-bond donors (Lipinski definition) is 1. The van der Waals surface area contributed by atoms with Gasteiger partial charge < -0.3 is 5.32 Å². The lowest BCUT2D eigenvalue weighted by Gasteiger charge is -2.17. The highest BCUT2D eigenvalue weighted by molar-refractivity contribution is 6.31. The van der Waals surface area contributed by atoms with Gasteiger partial charge in [-0.05, 0) is 31.5 Å². The summed E-state index contributed by atoms with van der Waals surface area (Å²) in [4.78, 5) is 0. The molecule has 0 bridgehead atoms. The smallest absolute Gasteiger partial charge is 0.382 e. The van der Waals surface area contributed by atoms with Crippen molar-refractivity contribution in [1.82, 2.24) is 0 Å². The number of benzene rings is 1. The largest absolute Gasteiger partial charge is 0.391 e.